The third-order valence-electron chi connectivity index (χ3n) is 4.24. The van der Waals surface area contributed by atoms with Gasteiger partial charge in [-0.15, -0.1) is 0 Å². The summed E-state index contributed by atoms with van der Waals surface area (Å²) in [6, 6.07) is 10.9. The summed E-state index contributed by atoms with van der Waals surface area (Å²) in [6.45, 7) is 1.42. The molecule has 0 saturated heterocycles. The van der Waals surface area contributed by atoms with Crippen molar-refractivity contribution < 1.29 is 4.79 Å². The summed E-state index contributed by atoms with van der Waals surface area (Å²) in [6.07, 6.45) is 2.96. The average molecular weight is 338 g/mol. The van der Waals surface area contributed by atoms with E-state index < -0.39 is 23.7 Å². The molecule has 3 rings (SSSR count). The van der Waals surface area contributed by atoms with Gasteiger partial charge in [0.05, 0.1) is 6.04 Å². The number of nitriles is 1. The fraction of sp³-hybridized carbons (Fsp3) is 0.333. The SMILES string of the molecule is C[C@H](NC(=O)Cn1c(=O)c(C#N)cn(C2CC2)c1=O)c1ccccc1. The monoisotopic (exact) mass is 338 g/mol. The second-order valence-corrected chi connectivity index (χ2v) is 6.17. The third kappa shape index (κ3) is 3.53. The third-order valence-corrected chi connectivity index (χ3v) is 4.24. The van der Waals surface area contributed by atoms with Gasteiger partial charge in [0.25, 0.3) is 5.56 Å². The van der Waals surface area contributed by atoms with Gasteiger partial charge in [-0.1, -0.05) is 30.3 Å². The fourth-order valence-corrected chi connectivity index (χ4v) is 2.71. The molecule has 25 heavy (non-hydrogen) atoms. The van der Waals surface area contributed by atoms with Crippen molar-refractivity contribution in [2.45, 2.75) is 38.4 Å². The van der Waals surface area contributed by atoms with E-state index in [9.17, 15) is 14.4 Å². The van der Waals surface area contributed by atoms with E-state index in [0.717, 1.165) is 23.0 Å². The number of hydrogen-bond donors (Lipinski definition) is 1. The lowest BCUT2D eigenvalue weighted by Gasteiger charge is -2.15. The number of hydrogen-bond acceptors (Lipinski definition) is 4. The zero-order valence-corrected chi connectivity index (χ0v) is 13.8. The van der Waals surface area contributed by atoms with Gasteiger partial charge in [-0.2, -0.15) is 5.26 Å². The first-order chi connectivity index (χ1) is 12.0. The zero-order valence-electron chi connectivity index (χ0n) is 13.8. The van der Waals surface area contributed by atoms with Crippen molar-refractivity contribution in [3.63, 3.8) is 0 Å². The Balaban J connectivity index is 1.84. The largest absolute Gasteiger partial charge is 0.348 e. The lowest BCUT2D eigenvalue weighted by Crippen LogP contribution is -2.44. The van der Waals surface area contributed by atoms with E-state index >= 15 is 0 Å². The van der Waals surface area contributed by atoms with Crippen LogP contribution in [0.5, 0.6) is 0 Å². The second-order valence-electron chi connectivity index (χ2n) is 6.17. The van der Waals surface area contributed by atoms with Crippen LogP contribution in [0.4, 0.5) is 0 Å². The van der Waals surface area contributed by atoms with Crippen LogP contribution >= 0.6 is 0 Å². The van der Waals surface area contributed by atoms with Gasteiger partial charge in [-0.25, -0.2) is 9.36 Å². The molecule has 1 atom stereocenters. The maximum atomic E-state index is 12.5. The number of nitrogens with zero attached hydrogens (tertiary/aromatic N) is 3. The number of rotatable bonds is 5. The first kappa shape index (κ1) is 16.7. The second kappa shape index (κ2) is 6.77. The Morgan fingerprint density at radius 1 is 1.32 bits per heavy atom. The predicted octanol–water partition coefficient (Wildman–Crippen LogP) is 1.09. The first-order valence-corrected chi connectivity index (χ1v) is 8.11. The average Bonchev–Trinajstić information content (AvgIpc) is 3.44. The Labute approximate surface area is 144 Å². The van der Waals surface area contributed by atoms with Crippen molar-refractivity contribution in [1.29, 1.82) is 5.26 Å². The lowest BCUT2D eigenvalue weighted by atomic mass is 10.1. The number of amides is 1. The number of nitrogens with one attached hydrogen (secondary N) is 1. The quantitative estimate of drug-likeness (QED) is 0.882. The maximum absolute atomic E-state index is 12.5. The Hall–Kier alpha value is -3.14. The molecule has 1 aromatic carbocycles. The van der Waals surface area contributed by atoms with Crippen molar-refractivity contribution >= 4 is 5.91 Å². The zero-order chi connectivity index (χ0) is 18.0. The van der Waals surface area contributed by atoms with Crippen LogP contribution in [0.25, 0.3) is 0 Å². The maximum Gasteiger partial charge on any atom is 0.331 e. The van der Waals surface area contributed by atoms with E-state index in [-0.39, 0.29) is 17.6 Å². The summed E-state index contributed by atoms with van der Waals surface area (Å²) >= 11 is 0. The molecule has 1 N–H and O–H groups in total. The highest BCUT2D eigenvalue weighted by Crippen LogP contribution is 2.33. The van der Waals surface area contributed by atoms with E-state index in [0.29, 0.717) is 0 Å². The minimum absolute atomic E-state index is 0.0118. The molecule has 0 aliphatic heterocycles. The molecule has 1 aliphatic rings. The molecule has 0 bridgehead atoms. The molecule has 7 heteroatoms. The number of carbonyl (C=O) groups excluding carboxylic acids is 1. The predicted molar refractivity (Wildman–Crippen MR) is 90.9 cm³/mol. The van der Waals surface area contributed by atoms with Crippen LogP contribution in [0.15, 0.2) is 46.1 Å². The Morgan fingerprint density at radius 2 is 2.00 bits per heavy atom. The topological polar surface area (TPSA) is 96.9 Å². The molecule has 1 aromatic heterocycles. The highest BCUT2D eigenvalue weighted by Gasteiger charge is 2.27. The van der Waals surface area contributed by atoms with E-state index in [1.54, 1.807) is 6.07 Å². The normalized spacial score (nSPS) is 14.6. The molecule has 1 amide bonds. The molecule has 0 spiro atoms. The Morgan fingerprint density at radius 3 is 2.60 bits per heavy atom. The van der Waals surface area contributed by atoms with E-state index in [2.05, 4.69) is 5.32 Å². The smallest absolute Gasteiger partial charge is 0.331 e. The van der Waals surface area contributed by atoms with Crippen LogP contribution < -0.4 is 16.6 Å². The number of aromatic nitrogens is 2. The summed E-state index contributed by atoms with van der Waals surface area (Å²) in [5.74, 6) is -0.451. The van der Waals surface area contributed by atoms with Crippen LogP contribution in [0.2, 0.25) is 0 Å². The molecule has 1 fully saturated rings. The Bertz CT molecular complexity index is 949. The van der Waals surface area contributed by atoms with Crippen molar-refractivity contribution in [2.75, 3.05) is 0 Å². The molecule has 1 aliphatic carbocycles. The van der Waals surface area contributed by atoms with E-state index in [4.69, 9.17) is 5.26 Å². The van der Waals surface area contributed by atoms with Gasteiger partial charge in [0.1, 0.15) is 18.2 Å². The highest BCUT2D eigenvalue weighted by molar-refractivity contribution is 5.76. The lowest BCUT2D eigenvalue weighted by molar-refractivity contribution is -0.122. The van der Waals surface area contributed by atoms with Crippen molar-refractivity contribution in [3.8, 4) is 6.07 Å². The number of benzene rings is 1. The van der Waals surface area contributed by atoms with Gasteiger partial charge >= 0.3 is 5.69 Å². The van der Waals surface area contributed by atoms with Gasteiger partial charge in [-0.3, -0.25) is 14.2 Å². The minimum atomic E-state index is -0.730. The van der Waals surface area contributed by atoms with Gasteiger partial charge in [-0.05, 0) is 25.3 Å². The molecular weight excluding hydrogens is 320 g/mol. The molecule has 2 aromatic rings. The summed E-state index contributed by atoms with van der Waals surface area (Å²) in [4.78, 5) is 37.0. The van der Waals surface area contributed by atoms with Crippen molar-refractivity contribution in [1.82, 2.24) is 14.5 Å². The summed E-state index contributed by atoms with van der Waals surface area (Å²) in [5, 5.41) is 11.9. The van der Waals surface area contributed by atoms with Crippen LogP contribution in [0.1, 0.15) is 43.0 Å². The molecule has 0 radical (unpaired) electrons. The summed E-state index contributed by atoms with van der Waals surface area (Å²) in [5.41, 5.74) is -0.485. The van der Waals surface area contributed by atoms with Gasteiger partial charge in [0, 0.05) is 12.2 Å². The van der Waals surface area contributed by atoms with Crippen molar-refractivity contribution in [3.05, 3.63) is 68.5 Å². The molecule has 1 saturated carbocycles. The van der Waals surface area contributed by atoms with Gasteiger partial charge in [0.2, 0.25) is 5.91 Å². The van der Waals surface area contributed by atoms with Gasteiger partial charge < -0.3 is 5.32 Å². The van der Waals surface area contributed by atoms with Crippen LogP contribution in [0, 0.1) is 11.3 Å². The van der Waals surface area contributed by atoms with Crippen LogP contribution in [-0.2, 0) is 11.3 Å². The molecule has 7 nitrogen and oxygen atoms in total. The summed E-state index contributed by atoms with van der Waals surface area (Å²) < 4.78 is 2.22. The van der Waals surface area contributed by atoms with Crippen LogP contribution in [0.3, 0.4) is 0 Å². The fourth-order valence-electron chi connectivity index (χ4n) is 2.71. The highest BCUT2D eigenvalue weighted by atomic mass is 16.2. The molecular formula is C18H18N4O3. The van der Waals surface area contributed by atoms with E-state index in [1.807, 2.05) is 37.3 Å². The minimum Gasteiger partial charge on any atom is -0.348 e. The summed E-state index contributed by atoms with van der Waals surface area (Å²) in [7, 11) is 0. The first-order valence-electron chi connectivity index (χ1n) is 8.11. The van der Waals surface area contributed by atoms with E-state index in [1.165, 1.54) is 10.8 Å². The Kier molecular flexibility index (Phi) is 4.52. The number of carbonyl (C=O) groups is 1. The molecule has 0 unspecified atom stereocenters. The van der Waals surface area contributed by atoms with Crippen molar-refractivity contribution in [2.24, 2.45) is 0 Å². The standard InChI is InChI=1S/C18H18N4O3/c1-12(13-5-3-2-4-6-13)20-16(23)11-22-17(24)14(9-19)10-21(18(22)25)15-7-8-15/h2-6,10,12,15H,7-8,11H2,1H3,(H,20,23)/t12-/m0/s1. The van der Waals surface area contributed by atoms with Crippen LogP contribution in [-0.4, -0.2) is 15.0 Å². The molecule has 128 valence electrons. The van der Waals surface area contributed by atoms with Gasteiger partial charge in [0.15, 0.2) is 0 Å². The molecule has 1 heterocycles.